The van der Waals surface area contributed by atoms with Gasteiger partial charge in [-0.15, -0.1) is 0 Å². The molecule has 0 aliphatic carbocycles. The van der Waals surface area contributed by atoms with Crippen molar-refractivity contribution in [2.24, 2.45) is 0 Å². The molecule has 0 saturated carbocycles. The minimum absolute atomic E-state index is 0.113. The van der Waals surface area contributed by atoms with E-state index in [2.05, 4.69) is 9.97 Å². The Morgan fingerprint density at radius 2 is 1.59 bits per heavy atom. The summed E-state index contributed by atoms with van der Waals surface area (Å²) in [7, 11) is 3.21. The second-order valence-corrected chi connectivity index (χ2v) is 10.2. The van der Waals surface area contributed by atoms with Crippen LogP contribution in [0.25, 0.3) is 17.2 Å². The summed E-state index contributed by atoms with van der Waals surface area (Å²) in [5.41, 5.74) is 2.91. The maximum absolute atomic E-state index is 13.9. The zero-order chi connectivity index (χ0) is 31.5. The van der Waals surface area contributed by atoms with Gasteiger partial charge in [0, 0.05) is 58.3 Å². The molecule has 7 nitrogen and oxygen atoms in total. The van der Waals surface area contributed by atoms with Gasteiger partial charge in [-0.3, -0.25) is 19.6 Å². The van der Waals surface area contributed by atoms with Gasteiger partial charge in [-0.2, -0.15) is 13.2 Å². The molecule has 0 unspecified atom stereocenters. The summed E-state index contributed by atoms with van der Waals surface area (Å²) >= 11 is 0. The molecule has 2 heterocycles. The van der Waals surface area contributed by atoms with Crippen LogP contribution >= 0.6 is 0 Å². The van der Waals surface area contributed by atoms with Gasteiger partial charge in [-0.05, 0) is 52.6 Å². The molecule has 0 bridgehead atoms. The van der Waals surface area contributed by atoms with Crippen LogP contribution in [0.4, 0.5) is 13.2 Å². The third kappa shape index (κ3) is 8.84. The third-order valence-corrected chi connectivity index (χ3v) is 7.05. The van der Waals surface area contributed by atoms with Crippen LogP contribution in [0.2, 0.25) is 0 Å². The Bertz CT molecular complexity index is 1530. The van der Waals surface area contributed by atoms with Crippen LogP contribution in [0.15, 0.2) is 104 Å². The highest BCUT2D eigenvalue weighted by atomic mass is 19.4. The van der Waals surface area contributed by atoms with E-state index in [0.29, 0.717) is 13.2 Å². The van der Waals surface area contributed by atoms with Crippen molar-refractivity contribution < 1.29 is 27.5 Å². The van der Waals surface area contributed by atoms with E-state index >= 15 is 0 Å². The molecular formula is C34H33F3N4O3. The first kappa shape index (κ1) is 32.1. The quantitative estimate of drug-likeness (QED) is 0.188. The summed E-state index contributed by atoms with van der Waals surface area (Å²) < 4.78 is 44.1. The summed E-state index contributed by atoms with van der Waals surface area (Å²) in [4.78, 5) is 38.6. The lowest BCUT2D eigenvalue weighted by Gasteiger charge is -2.33. The van der Waals surface area contributed by atoms with Crippen molar-refractivity contribution in [1.29, 1.82) is 0 Å². The highest BCUT2D eigenvalue weighted by Crippen LogP contribution is 2.28. The predicted molar refractivity (Wildman–Crippen MR) is 162 cm³/mol. The number of hydrogen-bond donors (Lipinski definition) is 0. The average Bonchev–Trinajstić information content (AvgIpc) is 3.04. The van der Waals surface area contributed by atoms with E-state index in [1.807, 2.05) is 66.7 Å². The van der Waals surface area contributed by atoms with Gasteiger partial charge in [0.15, 0.2) is 0 Å². The standard InChI is InChI=1S/C34H33F3N4O3/c1-40(20-21-44-2)33(43)31(22-25-6-4-3-5-7-25)41(24-26-8-10-27(11-9-26)28-16-18-38-19-17-28)32(42)15-14-30-13-12-29(23-39-30)34(35,36)37/h3-19,23,31H,20-22,24H2,1-2H3/t31-/m0/s1. The van der Waals surface area contributed by atoms with Crippen LogP contribution in [0.3, 0.4) is 0 Å². The Kier molecular flexibility index (Phi) is 11.0. The van der Waals surface area contributed by atoms with Crippen molar-refractivity contribution in [3.05, 3.63) is 126 Å². The van der Waals surface area contributed by atoms with Crippen LogP contribution < -0.4 is 0 Å². The number of likely N-dealkylation sites (N-methyl/N-ethyl adjacent to an activating group) is 1. The fourth-order valence-corrected chi connectivity index (χ4v) is 4.57. The van der Waals surface area contributed by atoms with Crippen LogP contribution in [-0.2, 0) is 33.5 Å². The molecule has 4 rings (SSSR count). The second kappa shape index (κ2) is 15.1. The molecule has 1 atom stereocenters. The molecule has 0 aliphatic heterocycles. The maximum Gasteiger partial charge on any atom is 0.417 e. The Labute approximate surface area is 254 Å². The summed E-state index contributed by atoms with van der Waals surface area (Å²) in [6, 6.07) is 22.1. The van der Waals surface area contributed by atoms with Gasteiger partial charge < -0.3 is 14.5 Å². The van der Waals surface area contributed by atoms with Gasteiger partial charge in [-0.1, -0.05) is 54.6 Å². The van der Waals surface area contributed by atoms with E-state index in [9.17, 15) is 22.8 Å². The van der Waals surface area contributed by atoms with Crippen LogP contribution in [0.1, 0.15) is 22.4 Å². The Hall–Kier alpha value is -4.83. The SMILES string of the molecule is COCCN(C)C(=O)[C@H](Cc1ccccc1)N(Cc1ccc(-c2ccncc2)cc1)C(=O)C=Cc1ccc(C(F)(F)F)cn1. The first-order valence-corrected chi connectivity index (χ1v) is 13.9. The van der Waals surface area contributed by atoms with Crippen molar-refractivity contribution in [3.63, 3.8) is 0 Å². The number of pyridine rings is 2. The molecule has 0 aliphatic rings. The van der Waals surface area contributed by atoms with Crippen molar-refractivity contribution in [3.8, 4) is 11.1 Å². The lowest BCUT2D eigenvalue weighted by molar-refractivity contribution is -0.143. The molecule has 44 heavy (non-hydrogen) atoms. The Balaban J connectivity index is 1.67. The van der Waals surface area contributed by atoms with E-state index in [1.165, 1.54) is 28.0 Å². The maximum atomic E-state index is 13.9. The summed E-state index contributed by atoms with van der Waals surface area (Å²) in [5.74, 6) is -0.756. The van der Waals surface area contributed by atoms with Gasteiger partial charge in [0.1, 0.15) is 6.04 Å². The number of nitrogens with zero attached hydrogens (tertiary/aromatic N) is 4. The molecule has 228 valence electrons. The van der Waals surface area contributed by atoms with Crippen molar-refractivity contribution in [1.82, 2.24) is 19.8 Å². The number of amides is 2. The van der Waals surface area contributed by atoms with Gasteiger partial charge >= 0.3 is 6.18 Å². The minimum atomic E-state index is -4.52. The van der Waals surface area contributed by atoms with E-state index in [0.717, 1.165) is 34.5 Å². The zero-order valence-corrected chi connectivity index (χ0v) is 24.4. The fourth-order valence-electron chi connectivity index (χ4n) is 4.57. The number of halogens is 3. The summed E-state index contributed by atoms with van der Waals surface area (Å²) in [5, 5.41) is 0. The first-order chi connectivity index (χ1) is 21.2. The largest absolute Gasteiger partial charge is 0.417 e. The number of carbonyl (C=O) groups is 2. The number of alkyl halides is 3. The Morgan fingerprint density at radius 3 is 2.20 bits per heavy atom. The van der Waals surface area contributed by atoms with E-state index in [-0.39, 0.29) is 24.6 Å². The summed E-state index contributed by atoms with van der Waals surface area (Å²) in [6.45, 7) is 0.764. The molecule has 0 saturated heterocycles. The van der Waals surface area contributed by atoms with Crippen molar-refractivity contribution >= 4 is 17.9 Å². The number of carbonyl (C=O) groups excluding carboxylic acids is 2. The number of methoxy groups -OCH3 is 1. The smallest absolute Gasteiger partial charge is 0.383 e. The molecule has 0 fully saturated rings. The lowest BCUT2D eigenvalue weighted by Crippen LogP contribution is -2.51. The van der Waals surface area contributed by atoms with Crippen molar-refractivity contribution in [2.45, 2.75) is 25.2 Å². The molecule has 0 spiro atoms. The normalized spacial score (nSPS) is 12.2. The Morgan fingerprint density at radius 1 is 0.909 bits per heavy atom. The molecular weight excluding hydrogens is 569 g/mol. The molecule has 0 N–H and O–H groups in total. The van der Waals surface area contributed by atoms with E-state index < -0.39 is 23.7 Å². The van der Waals surface area contributed by atoms with Crippen LogP contribution in [0.5, 0.6) is 0 Å². The zero-order valence-electron chi connectivity index (χ0n) is 24.4. The number of aromatic nitrogens is 2. The topological polar surface area (TPSA) is 75.6 Å². The minimum Gasteiger partial charge on any atom is -0.383 e. The number of rotatable bonds is 12. The molecule has 10 heteroatoms. The number of benzene rings is 2. The van der Waals surface area contributed by atoms with E-state index in [1.54, 1.807) is 26.6 Å². The van der Waals surface area contributed by atoms with Gasteiger partial charge in [0.05, 0.1) is 17.9 Å². The monoisotopic (exact) mass is 602 g/mol. The molecule has 2 aromatic heterocycles. The highest BCUT2D eigenvalue weighted by Gasteiger charge is 2.32. The fraction of sp³-hybridized carbons (Fsp3) is 0.235. The third-order valence-electron chi connectivity index (χ3n) is 7.05. The van der Waals surface area contributed by atoms with Gasteiger partial charge in [0.2, 0.25) is 11.8 Å². The van der Waals surface area contributed by atoms with Crippen molar-refractivity contribution in [2.75, 3.05) is 27.3 Å². The highest BCUT2D eigenvalue weighted by molar-refractivity contribution is 5.95. The van der Waals surface area contributed by atoms with Crippen LogP contribution in [0, 0.1) is 0 Å². The molecule has 4 aromatic rings. The lowest BCUT2D eigenvalue weighted by atomic mass is 10.0. The molecule has 0 radical (unpaired) electrons. The average molecular weight is 603 g/mol. The molecule has 2 aromatic carbocycles. The summed E-state index contributed by atoms with van der Waals surface area (Å²) in [6.07, 6.45) is 2.46. The van der Waals surface area contributed by atoms with Gasteiger partial charge in [-0.25, -0.2) is 0 Å². The second-order valence-electron chi connectivity index (χ2n) is 10.2. The predicted octanol–water partition coefficient (Wildman–Crippen LogP) is 5.92. The van der Waals surface area contributed by atoms with Gasteiger partial charge in [0.25, 0.3) is 0 Å². The van der Waals surface area contributed by atoms with Crippen LogP contribution in [-0.4, -0.2) is 64.9 Å². The molecule has 2 amide bonds. The van der Waals surface area contributed by atoms with E-state index in [4.69, 9.17) is 4.74 Å². The number of hydrogen-bond acceptors (Lipinski definition) is 5. The first-order valence-electron chi connectivity index (χ1n) is 13.9. The number of ether oxygens (including phenoxy) is 1.